The van der Waals surface area contributed by atoms with Crippen molar-refractivity contribution in [3.8, 4) is 0 Å². The molecular weight excluding hydrogens is 221 g/mol. The van der Waals surface area contributed by atoms with E-state index in [4.69, 9.17) is 12.2 Å². The minimum absolute atomic E-state index is 0.209. The second kappa shape index (κ2) is 4.91. The smallest absolute Gasteiger partial charge is 0.123 e. The van der Waals surface area contributed by atoms with Gasteiger partial charge in [0.2, 0.25) is 0 Å². The van der Waals surface area contributed by atoms with E-state index in [-0.39, 0.29) is 5.82 Å². The molecule has 16 heavy (non-hydrogen) atoms. The summed E-state index contributed by atoms with van der Waals surface area (Å²) < 4.78 is 12.8. The topological polar surface area (TPSA) is 3.24 Å². The number of hydrogen-bond acceptors (Lipinski definition) is 1. The van der Waals surface area contributed by atoms with Crippen molar-refractivity contribution in [1.82, 2.24) is 4.90 Å². The fraction of sp³-hybridized carbons (Fsp3) is 0.462. The number of likely N-dealkylation sites (tertiary alicyclic amines) is 1. The highest BCUT2D eigenvalue weighted by Gasteiger charge is 2.18. The van der Waals surface area contributed by atoms with E-state index in [2.05, 4.69) is 11.8 Å². The van der Waals surface area contributed by atoms with E-state index in [0.29, 0.717) is 0 Å². The molecule has 0 unspecified atom stereocenters. The molecule has 1 saturated heterocycles. The van der Waals surface area contributed by atoms with Crippen LogP contribution in [0.3, 0.4) is 0 Å². The maximum absolute atomic E-state index is 12.8. The summed E-state index contributed by atoms with van der Waals surface area (Å²) in [6.45, 7) is 4.33. The highest BCUT2D eigenvalue weighted by atomic mass is 32.1. The molecule has 3 heteroatoms. The Morgan fingerprint density at radius 1 is 1.25 bits per heavy atom. The van der Waals surface area contributed by atoms with Gasteiger partial charge in [-0.05, 0) is 43.0 Å². The molecule has 1 aromatic carbocycles. The van der Waals surface area contributed by atoms with Crippen molar-refractivity contribution >= 4 is 17.2 Å². The molecule has 0 aromatic heterocycles. The molecule has 0 bridgehead atoms. The van der Waals surface area contributed by atoms with Gasteiger partial charge in [0.15, 0.2) is 0 Å². The number of thiocarbonyl (C=S) groups is 1. The number of rotatable bonds is 1. The molecule has 0 saturated carbocycles. The van der Waals surface area contributed by atoms with Crippen LogP contribution in [0.1, 0.15) is 25.3 Å². The highest BCUT2D eigenvalue weighted by Crippen LogP contribution is 2.18. The molecular formula is C13H16FNS. The molecule has 0 N–H and O–H groups in total. The van der Waals surface area contributed by atoms with Crippen LogP contribution in [-0.2, 0) is 0 Å². The van der Waals surface area contributed by atoms with E-state index in [1.165, 1.54) is 25.0 Å². The van der Waals surface area contributed by atoms with Gasteiger partial charge < -0.3 is 4.90 Å². The molecule has 1 nitrogen and oxygen atoms in total. The van der Waals surface area contributed by atoms with Gasteiger partial charge in [-0.2, -0.15) is 0 Å². The summed E-state index contributed by atoms with van der Waals surface area (Å²) in [5.41, 5.74) is 0.950. The monoisotopic (exact) mass is 237 g/mol. The standard InChI is InChI=1S/C13H16FNS/c1-10-6-8-15(9-7-10)13(16)11-2-4-12(14)5-3-11/h2-5,10H,6-9H2,1H3. The Hall–Kier alpha value is -0.960. The van der Waals surface area contributed by atoms with E-state index >= 15 is 0 Å². The first kappa shape index (κ1) is 11.5. The fourth-order valence-corrected chi connectivity index (χ4v) is 2.31. The highest BCUT2D eigenvalue weighted by molar-refractivity contribution is 7.80. The van der Waals surface area contributed by atoms with Crippen molar-refractivity contribution in [2.75, 3.05) is 13.1 Å². The number of benzene rings is 1. The normalized spacial score (nSPS) is 17.5. The van der Waals surface area contributed by atoms with Crippen LogP contribution in [-0.4, -0.2) is 23.0 Å². The van der Waals surface area contributed by atoms with Crippen LogP contribution in [0.4, 0.5) is 4.39 Å². The van der Waals surface area contributed by atoms with Gasteiger partial charge >= 0.3 is 0 Å². The van der Waals surface area contributed by atoms with Crippen molar-refractivity contribution in [2.24, 2.45) is 5.92 Å². The summed E-state index contributed by atoms with van der Waals surface area (Å²) in [6.07, 6.45) is 2.39. The van der Waals surface area contributed by atoms with Gasteiger partial charge in [-0.25, -0.2) is 4.39 Å². The molecule has 86 valence electrons. The van der Waals surface area contributed by atoms with Gasteiger partial charge in [-0.3, -0.25) is 0 Å². The number of halogens is 1. The Kier molecular flexibility index (Phi) is 3.54. The summed E-state index contributed by atoms with van der Waals surface area (Å²) >= 11 is 5.43. The van der Waals surface area contributed by atoms with Gasteiger partial charge in [-0.15, -0.1) is 0 Å². The molecule has 2 rings (SSSR count). The van der Waals surface area contributed by atoms with Gasteiger partial charge in [0, 0.05) is 18.7 Å². The predicted molar refractivity (Wildman–Crippen MR) is 68.1 cm³/mol. The van der Waals surface area contributed by atoms with Crippen molar-refractivity contribution in [1.29, 1.82) is 0 Å². The molecule has 0 radical (unpaired) electrons. The second-order valence-electron chi connectivity index (χ2n) is 4.48. The molecule has 0 atom stereocenters. The Bertz CT molecular complexity index is 366. The van der Waals surface area contributed by atoms with Crippen LogP contribution < -0.4 is 0 Å². The van der Waals surface area contributed by atoms with Crippen LogP contribution >= 0.6 is 12.2 Å². The third-order valence-corrected chi connectivity index (χ3v) is 3.66. The van der Waals surface area contributed by atoms with E-state index in [9.17, 15) is 4.39 Å². The Balaban J connectivity index is 2.05. The lowest BCUT2D eigenvalue weighted by Gasteiger charge is -2.32. The first-order valence-electron chi connectivity index (χ1n) is 5.71. The summed E-state index contributed by atoms with van der Waals surface area (Å²) in [5, 5.41) is 0. The number of piperidine rings is 1. The number of hydrogen-bond donors (Lipinski definition) is 0. The average Bonchev–Trinajstić information content (AvgIpc) is 2.30. The van der Waals surface area contributed by atoms with Gasteiger partial charge in [0.25, 0.3) is 0 Å². The fourth-order valence-electron chi connectivity index (χ4n) is 1.99. The maximum Gasteiger partial charge on any atom is 0.123 e. The third-order valence-electron chi connectivity index (χ3n) is 3.16. The van der Waals surface area contributed by atoms with Gasteiger partial charge in [0.1, 0.15) is 10.8 Å². The lowest BCUT2D eigenvalue weighted by molar-refractivity contribution is 0.284. The lowest BCUT2D eigenvalue weighted by Crippen LogP contribution is -2.37. The number of nitrogens with zero attached hydrogens (tertiary/aromatic N) is 1. The SMILES string of the molecule is CC1CCN(C(=S)c2ccc(F)cc2)CC1. The van der Waals surface area contributed by atoms with Crippen LogP contribution in [0.25, 0.3) is 0 Å². The third kappa shape index (κ3) is 2.59. The summed E-state index contributed by atoms with van der Waals surface area (Å²) in [7, 11) is 0. The quantitative estimate of drug-likeness (QED) is 0.690. The second-order valence-corrected chi connectivity index (χ2v) is 4.87. The van der Waals surface area contributed by atoms with Crippen LogP contribution in [0, 0.1) is 11.7 Å². The maximum atomic E-state index is 12.8. The van der Waals surface area contributed by atoms with Gasteiger partial charge in [-0.1, -0.05) is 19.1 Å². The zero-order valence-corrected chi connectivity index (χ0v) is 10.3. The van der Waals surface area contributed by atoms with E-state index < -0.39 is 0 Å². The van der Waals surface area contributed by atoms with E-state index in [1.807, 2.05) is 0 Å². The van der Waals surface area contributed by atoms with Crippen LogP contribution in [0.2, 0.25) is 0 Å². The minimum Gasteiger partial charge on any atom is -0.362 e. The van der Waals surface area contributed by atoms with Crippen LogP contribution in [0.5, 0.6) is 0 Å². The molecule has 1 aliphatic heterocycles. The van der Waals surface area contributed by atoms with E-state index in [0.717, 1.165) is 29.6 Å². The summed E-state index contributed by atoms with van der Waals surface area (Å²) in [6, 6.07) is 6.45. The zero-order valence-electron chi connectivity index (χ0n) is 9.45. The van der Waals surface area contributed by atoms with Crippen LogP contribution in [0.15, 0.2) is 24.3 Å². The molecule has 1 heterocycles. The molecule has 0 amide bonds. The summed E-state index contributed by atoms with van der Waals surface area (Å²) in [4.78, 5) is 3.08. The summed E-state index contributed by atoms with van der Waals surface area (Å²) in [5.74, 6) is 0.589. The Morgan fingerprint density at radius 2 is 1.81 bits per heavy atom. The minimum atomic E-state index is -0.209. The van der Waals surface area contributed by atoms with Gasteiger partial charge in [0.05, 0.1) is 0 Å². The lowest BCUT2D eigenvalue weighted by atomic mass is 9.99. The Labute approximate surface area is 101 Å². The van der Waals surface area contributed by atoms with Crippen molar-refractivity contribution in [3.63, 3.8) is 0 Å². The molecule has 1 fully saturated rings. The van der Waals surface area contributed by atoms with Crippen molar-refractivity contribution < 1.29 is 4.39 Å². The molecule has 0 spiro atoms. The Morgan fingerprint density at radius 3 is 2.38 bits per heavy atom. The first-order valence-corrected chi connectivity index (χ1v) is 6.12. The predicted octanol–water partition coefficient (Wildman–Crippen LogP) is 3.23. The largest absolute Gasteiger partial charge is 0.362 e. The average molecular weight is 237 g/mol. The zero-order chi connectivity index (χ0) is 11.5. The van der Waals surface area contributed by atoms with Crippen molar-refractivity contribution in [2.45, 2.75) is 19.8 Å². The molecule has 1 aliphatic rings. The molecule has 1 aromatic rings. The molecule has 0 aliphatic carbocycles. The first-order chi connectivity index (χ1) is 7.66. The van der Waals surface area contributed by atoms with Crippen molar-refractivity contribution in [3.05, 3.63) is 35.6 Å². The van der Waals surface area contributed by atoms with E-state index in [1.54, 1.807) is 12.1 Å².